The van der Waals surface area contributed by atoms with Gasteiger partial charge in [0.15, 0.2) is 5.82 Å². The highest BCUT2D eigenvalue weighted by Crippen LogP contribution is 2.24. The fraction of sp³-hybridized carbons (Fsp3) is 0.250. The van der Waals surface area contributed by atoms with Crippen molar-refractivity contribution in [2.75, 3.05) is 18.4 Å². The summed E-state index contributed by atoms with van der Waals surface area (Å²) >= 11 is 6.24. The molecule has 152 valence electrons. The summed E-state index contributed by atoms with van der Waals surface area (Å²) in [4.78, 5) is 32.9. The zero-order valence-electron chi connectivity index (χ0n) is 15.8. The molecule has 9 heteroatoms. The zero-order chi connectivity index (χ0) is 21.1. The van der Waals surface area contributed by atoms with Gasteiger partial charge in [0.25, 0.3) is 18.2 Å². The minimum Gasteiger partial charge on any atom is -0.339 e. The van der Waals surface area contributed by atoms with E-state index in [2.05, 4.69) is 15.3 Å². The first kappa shape index (κ1) is 20.7. The topological polar surface area (TPSA) is 78.1 Å². The van der Waals surface area contributed by atoms with Crippen LogP contribution >= 0.6 is 11.6 Å². The summed E-state index contributed by atoms with van der Waals surface area (Å²) in [7, 11) is 0. The lowest BCUT2D eigenvalue weighted by molar-refractivity contribution is 0.0773. The van der Waals surface area contributed by atoms with Crippen LogP contribution in [0.5, 0.6) is 0 Å². The van der Waals surface area contributed by atoms with Crippen molar-refractivity contribution >= 4 is 40.1 Å². The maximum Gasteiger partial charge on any atom is 0.295 e. The molecule has 2 amide bonds. The van der Waals surface area contributed by atoms with E-state index in [4.69, 9.17) is 11.6 Å². The number of aromatic nitrogens is 2. The Morgan fingerprint density at radius 2 is 1.90 bits per heavy atom. The second-order valence-corrected chi connectivity index (χ2v) is 6.69. The zero-order valence-corrected chi connectivity index (χ0v) is 16.6. The first-order valence-electron chi connectivity index (χ1n) is 9.02. The molecule has 0 fully saturated rings. The number of benzene rings is 2. The molecule has 0 aliphatic carbocycles. The molecule has 0 aliphatic heterocycles. The number of amides is 2. The molecule has 2 N–H and O–H groups in total. The fourth-order valence-electron chi connectivity index (χ4n) is 2.92. The molecule has 0 aliphatic rings. The van der Waals surface area contributed by atoms with Crippen molar-refractivity contribution < 1.29 is 18.4 Å². The van der Waals surface area contributed by atoms with Crippen LogP contribution in [-0.2, 0) is 0 Å². The number of aromatic amines is 1. The van der Waals surface area contributed by atoms with Crippen LogP contribution in [0.15, 0.2) is 36.4 Å². The van der Waals surface area contributed by atoms with Gasteiger partial charge in [-0.2, -0.15) is 0 Å². The smallest absolute Gasteiger partial charge is 0.295 e. The number of anilines is 1. The second kappa shape index (κ2) is 8.57. The third kappa shape index (κ3) is 4.37. The van der Waals surface area contributed by atoms with Crippen molar-refractivity contribution in [1.29, 1.82) is 0 Å². The van der Waals surface area contributed by atoms with Gasteiger partial charge in [-0.05, 0) is 50.2 Å². The van der Waals surface area contributed by atoms with Crippen molar-refractivity contribution in [3.05, 3.63) is 58.4 Å². The van der Waals surface area contributed by atoms with E-state index in [1.807, 2.05) is 13.8 Å². The predicted molar refractivity (Wildman–Crippen MR) is 108 cm³/mol. The van der Waals surface area contributed by atoms with Crippen molar-refractivity contribution in [2.45, 2.75) is 20.3 Å². The van der Waals surface area contributed by atoms with Gasteiger partial charge in [-0.1, -0.05) is 11.6 Å². The Balaban J connectivity index is 1.79. The molecule has 0 radical (unpaired) electrons. The number of hydrogen-bond acceptors (Lipinski definition) is 3. The highest BCUT2D eigenvalue weighted by Gasteiger charge is 2.17. The van der Waals surface area contributed by atoms with Gasteiger partial charge in [-0.25, -0.2) is 13.8 Å². The number of nitrogens with zero attached hydrogens (tertiary/aromatic N) is 2. The van der Waals surface area contributed by atoms with E-state index in [9.17, 15) is 18.4 Å². The van der Waals surface area contributed by atoms with Crippen LogP contribution in [-0.4, -0.2) is 39.8 Å². The Morgan fingerprint density at radius 1 is 1.17 bits per heavy atom. The van der Waals surface area contributed by atoms with Crippen molar-refractivity contribution in [2.24, 2.45) is 0 Å². The van der Waals surface area contributed by atoms with Gasteiger partial charge in [-0.15, -0.1) is 0 Å². The van der Waals surface area contributed by atoms with E-state index >= 15 is 0 Å². The van der Waals surface area contributed by atoms with Crippen molar-refractivity contribution in [3.8, 4) is 0 Å². The van der Waals surface area contributed by atoms with Crippen LogP contribution in [0.4, 0.5) is 14.5 Å². The molecular formula is C20H19ClF2N4O2. The highest BCUT2D eigenvalue weighted by molar-refractivity contribution is 6.34. The van der Waals surface area contributed by atoms with E-state index in [-0.39, 0.29) is 16.5 Å². The lowest BCUT2D eigenvalue weighted by Gasteiger charge is -2.19. The number of halogens is 3. The molecule has 0 bridgehead atoms. The highest BCUT2D eigenvalue weighted by atomic mass is 35.5. The third-order valence-corrected chi connectivity index (χ3v) is 4.79. The minimum absolute atomic E-state index is 0.183. The lowest BCUT2D eigenvalue weighted by Crippen LogP contribution is -2.30. The van der Waals surface area contributed by atoms with Crippen molar-refractivity contribution in [3.63, 3.8) is 0 Å². The van der Waals surface area contributed by atoms with Crippen LogP contribution in [0.25, 0.3) is 11.0 Å². The first-order chi connectivity index (χ1) is 13.8. The fourth-order valence-corrected chi connectivity index (χ4v) is 3.19. The Morgan fingerprint density at radius 3 is 2.52 bits per heavy atom. The van der Waals surface area contributed by atoms with Gasteiger partial charge in [-0.3, -0.25) is 9.59 Å². The number of carbonyl (C=O) groups is 2. The second-order valence-electron chi connectivity index (χ2n) is 6.28. The SMILES string of the molecule is CCN(CC)C(=O)c1ccc(NC(=O)c2ccc3nc(C(F)F)[nH]c3c2)cc1Cl. The van der Waals surface area contributed by atoms with Crippen LogP contribution in [0, 0.1) is 0 Å². The summed E-state index contributed by atoms with van der Waals surface area (Å²) in [6.45, 7) is 4.89. The summed E-state index contributed by atoms with van der Waals surface area (Å²) in [6, 6.07) is 9.08. The maximum absolute atomic E-state index is 12.8. The first-order valence-corrected chi connectivity index (χ1v) is 9.39. The Kier molecular flexibility index (Phi) is 6.12. The molecule has 0 saturated carbocycles. The molecule has 1 aromatic heterocycles. The molecule has 29 heavy (non-hydrogen) atoms. The van der Waals surface area contributed by atoms with Crippen LogP contribution in [0.3, 0.4) is 0 Å². The van der Waals surface area contributed by atoms with Gasteiger partial charge in [0.05, 0.1) is 21.6 Å². The summed E-state index contributed by atoms with van der Waals surface area (Å²) < 4.78 is 25.5. The molecule has 0 atom stereocenters. The lowest BCUT2D eigenvalue weighted by atomic mass is 10.1. The largest absolute Gasteiger partial charge is 0.339 e. The molecule has 1 heterocycles. The molecule has 6 nitrogen and oxygen atoms in total. The number of imidazole rings is 1. The van der Waals surface area contributed by atoms with Crippen molar-refractivity contribution in [1.82, 2.24) is 14.9 Å². The van der Waals surface area contributed by atoms with Gasteiger partial charge < -0.3 is 15.2 Å². The summed E-state index contributed by atoms with van der Waals surface area (Å²) in [5.74, 6) is -1.07. The van der Waals surface area contributed by atoms with Crippen LogP contribution in [0.2, 0.25) is 5.02 Å². The number of fused-ring (bicyclic) bond motifs is 1. The number of nitrogens with one attached hydrogen (secondary N) is 2. The maximum atomic E-state index is 12.8. The molecule has 0 unspecified atom stereocenters. The normalized spacial score (nSPS) is 11.1. The summed E-state index contributed by atoms with van der Waals surface area (Å²) in [5, 5.41) is 2.91. The average Bonchev–Trinajstić information content (AvgIpc) is 3.12. The van der Waals surface area contributed by atoms with E-state index in [1.165, 1.54) is 24.3 Å². The van der Waals surface area contributed by atoms with Gasteiger partial charge >= 0.3 is 0 Å². The van der Waals surface area contributed by atoms with E-state index in [0.717, 1.165) is 0 Å². The van der Waals surface area contributed by atoms with Gasteiger partial charge in [0.2, 0.25) is 0 Å². The van der Waals surface area contributed by atoms with E-state index in [0.29, 0.717) is 35.4 Å². The number of H-pyrrole nitrogens is 1. The Bertz CT molecular complexity index is 1060. The van der Waals surface area contributed by atoms with Gasteiger partial charge in [0.1, 0.15) is 0 Å². The number of alkyl halides is 2. The molecular weight excluding hydrogens is 402 g/mol. The number of carbonyl (C=O) groups excluding carboxylic acids is 2. The van der Waals surface area contributed by atoms with E-state index < -0.39 is 18.2 Å². The Hall–Kier alpha value is -3.00. The summed E-state index contributed by atoms with van der Waals surface area (Å²) in [5.41, 5.74) is 1.72. The van der Waals surface area contributed by atoms with E-state index in [1.54, 1.807) is 17.0 Å². The minimum atomic E-state index is -2.72. The monoisotopic (exact) mass is 420 g/mol. The summed E-state index contributed by atoms with van der Waals surface area (Å²) in [6.07, 6.45) is -2.72. The number of rotatable bonds is 6. The molecule has 3 aromatic rings. The molecule has 3 rings (SSSR count). The molecule has 2 aromatic carbocycles. The predicted octanol–water partition coefficient (Wildman–Crippen LogP) is 4.89. The molecule has 0 saturated heterocycles. The molecule has 0 spiro atoms. The average molecular weight is 421 g/mol. The standard InChI is InChI=1S/C20H19ClF2N4O2/c1-3-27(4-2)20(29)13-7-6-12(10-14(13)21)24-19(28)11-5-8-15-16(9-11)26-18(25-15)17(22)23/h5-10,17H,3-4H2,1-2H3,(H,24,28)(H,25,26). The Labute approximate surface area is 170 Å². The van der Waals surface area contributed by atoms with Gasteiger partial charge in [0, 0.05) is 24.3 Å². The number of hydrogen-bond donors (Lipinski definition) is 2. The quantitative estimate of drug-likeness (QED) is 0.596. The van der Waals surface area contributed by atoms with Crippen LogP contribution < -0.4 is 5.32 Å². The third-order valence-electron chi connectivity index (χ3n) is 4.48. The van der Waals surface area contributed by atoms with Crippen LogP contribution in [0.1, 0.15) is 46.8 Å².